The third-order valence-electron chi connectivity index (χ3n) is 2.51. The smallest absolute Gasteiger partial charge is 0.542 e. The quantitative estimate of drug-likeness (QED) is 0.381. The monoisotopic (exact) mass is 298 g/mol. The van der Waals surface area contributed by atoms with E-state index in [2.05, 4.69) is 10.1 Å². The molecule has 2 rings (SSSR count). The number of hydrogen-bond acceptors (Lipinski definition) is 6. The molecule has 2 aromatic rings. The van der Waals surface area contributed by atoms with Crippen molar-refractivity contribution in [3.8, 4) is 0 Å². The van der Waals surface area contributed by atoms with Crippen LogP contribution in [0.25, 0.3) is 11.0 Å². The number of hydrogen-bond donors (Lipinski definition) is 2. The van der Waals surface area contributed by atoms with Crippen LogP contribution in [-0.2, 0) is 4.74 Å². The fourth-order valence-electron chi connectivity index (χ4n) is 1.64. The Morgan fingerprint density at radius 1 is 1.38 bits per heavy atom. The Hall–Kier alpha value is -1.83. The molecule has 0 saturated heterocycles. The predicted octanol–water partition coefficient (Wildman–Crippen LogP) is -2.13. The molecule has 0 aliphatic heterocycles. The molecule has 0 unspecified atom stereocenters. The van der Waals surface area contributed by atoms with Gasteiger partial charge in [-0.3, -0.25) is 10.7 Å². The van der Waals surface area contributed by atoms with Crippen LogP contribution < -0.4 is 40.0 Å². The molecule has 0 aliphatic rings. The molecule has 21 heavy (non-hydrogen) atoms. The van der Waals surface area contributed by atoms with E-state index in [0.717, 1.165) is 0 Å². The number of aromatic carboxylic acids is 1. The van der Waals surface area contributed by atoms with Gasteiger partial charge in [-0.2, -0.15) is 0 Å². The summed E-state index contributed by atoms with van der Waals surface area (Å²) in [6, 6.07) is 5.86. The molecule has 104 valence electrons. The van der Waals surface area contributed by atoms with Crippen LogP contribution in [0.4, 0.5) is 4.79 Å². The Kier molecular flexibility index (Phi) is 5.95. The third kappa shape index (κ3) is 4.07. The number of carboxylic acids is 1. The second-order valence-corrected chi connectivity index (χ2v) is 3.87. The van der Waals surface area contributed by atoms with E-state index in [4.69, 9.17) is 9.83 Å². The molecule has 0 saturated carbocycles. The number of amides is 1. The molecule has 1 heterocycles. The maximum absolute atomic E-state index is 11.2. The van der Waals surface area contributed by atoms with E-state index in [0.29, 0.717) is 16.5 Å². The van der Waals surface area contributed by atoms with E-state index in [-0.39, 0.29) is 47.8 Å². The van der Waals surface area contributed by atoms with E-state index in [1.165, 1.54) is 24.3 Å². The van der Waals surface area contributed by atoms with Crippen LogP contribution in [0.1, 0.15) is 23.0 Å². The number of benzene rings is 1. The maximum atomic E-state index is 11.2. The normalized spacial score (nSPS) is 9.76. The van der Waals surface area contributed by atoms with Crippen LogP contribution in [0.3, 0.4) is 0 Å². The van der Waals surface area contributed by atoms with Crippen LogP contribution in [-0.4, -0.2) is 24.5 Å². The molecule has 0 bridgehead atoms. The van der Waals surface area contributed by atoms with Crippen LogP contribution in [0.15, 0.2) is 28.7 Å². The molecule has 1 amide bonds. The van der Waals surface area contributed by atoms with Gasteiger partial charge in [0.15, 0.2) is 5.76 Å². The van der Waals surface area contributed by atoms with E-state index in [1.54, 1.807) is 6.92 Å². The SMILES string of the molecule is CCOC(=O)NC(=N)c1ccc2oc(C(=O)[O-])cc2c1.[Na+]. The van der Waals surface area contributed by atoms with Gasteiger partial charge in [0.1, 0.15) is 17.4 Å². The average molecular weight is 298 g/mol. The number of carboxylic acid groups (broad SMARTS) is 1. The van der Waals surface area contributed by atoms with E-state index in [1.807, 2.05) is 0 Å². The summed E-state index contributed by atoms with van der Waals surface area (Å²) in [7, 11) is 0. The van der Waals surface area contributed by atoms with Crippen molar-refractivity contribution >= 4 is 28.9 Å². The van der Waals surface area contributed by atoms with Gasteiger partial charge in [-0.25, -0.2) is 4.79 Å². The third-order valence-corrected chi connectivity index (χ3v) is 2.51. The zero-order chi connectivity index (χ0) is 14.7. The Bertz CT molecular complexity index is 695. The zero-order valence-electron chi connectivity index (χ0n) is 11.6. The van der Waals surface area contributed by atoms with Crippen LogP contribution in [0.5, 0.6) is 0 Å². The van der Waals surface area contributed by atoms with Crippen molar-refractivity contribution in [1.82, 2.24) is 5.32 Å². The van der Waals surface area contributed by atoms with Crippen molar-refractivity contribution in [2.75, 3.05) is 6.61 Å². The molecule has 2 N–H and O–H groups in total. The summed E-state index contributed by atoms with van der Waals surface area (Å²) in [5.41, 5.74) is 0.758. The summed E-state index contributed by atoms with van der Waals surface area (Å²) in [5.74, 6) is -1.86. The fourth-order valence-corrected chi connectivity index (χ4v) is 1.64. The van der Waals surface area contributed by atoms with Gasteiger partial charge in [0.2, 0.25) is 0 Å². The Morgan fingerprint density at radius 2 is 2.10 bits per heavy atom. The Labute approximate surface area is 142 Å². The number of carbonyl (C=O) groups excluding carboxylic acids is 2. The van der Waals surface area contributed by atoms with Gasteiger partial charge >= 0.3 is 35.7 Å². The fraction of sp³-hybridized carbons (Fsp3) is 0.154. The van der Waals surface area contributed by atoms with Gasteiger partial charge in [0, 0.05) is 10.9 Å². The van der Waals surface area contributed by atoms with E-state index < -0.39 is 12.1 Å². The van der Waals surface area contributed by atoms with Crippen LogP contribution in [0, 0.1) is 5.41 Å². The van der Waals surface area contributed by atoms with E-state index in [9.17, 15) is 14.7 Å². The summed E-state index contributed by atoms with van der Waals surface area (Å²) < 4.78 is 9.70. The molecular weight excluding hydrogens is 287 g/mol. The predicted molar refractivity (Wildman–Crippen MR) is 67.5 cm³/mol. The Morgan fingerprint density at radius 3 is 2.71 bits per heavy atom. The summed E-state index contributed by atoms with van der Waals surface area (Å²) in [6.07, 6.45) is -0.722. The summed E-state index contributed by atoms with van der Waals surface area (Å²) in [6.45, 7) is 1.86. The van der Waals surface area contributed by atoms with Gasteiger partial charge in [-0.15, -0.1) is 0 Å². The van der Waals surface area contributed by atoms with Gasteiger partial charge in [-0.1, -0.05) is 0 Å². The maximum Gasteiger partial charge on any atom is 1.00 e. The molecular formula is C13H11N2NaO5. The van der Waals surface area contributed by atoms with Gasteiger partial charge < -0.3 is 19.1 Å². The van der Waals surface area contributed by atoms with Gasteiger partial charge in [0.05, 0.1) is 6.61 Å². The second kappa shape index (κ2) is 7.26. The summed E-state index contributed by atoms with van der Waals surface area (Å²) in [4.78, 5) is 21.9. The van der Waals surface area contributed by atoms with Gasteiger partial charge in [-0.05, 0) is 31.2 Å². The molecule has 0 aliphatic carbocycles. The molecule has 1 aromatic carbocycles. The largest absolute Gasteiger partial charge is 1.00 e. The number of furan rings is 1. The molecule has 7 nitrogen and oxygen atoms in total. The molecule has 0 fully saturated rings. The topological polar surface area (TPSA) is 115 Å². The summed E-state index contributed by atoms with van der Waals surface area (Å²) >= 11 is 0. The van der Waals surface area contributed by atoms with Crippen LogP contribution in [0.2, 0.25) is 0 Å². The number of nitrogens with one attached hydrogen (secondary N) is 2. The first-order chi connectivity index (χ1) is 9.51. The van der Waals surface area contributed by atoms with Crippen molar-refractivity contribution in [3.05, 3.63) is 35.6 Å². The van der Waals surface area contributed by atoms with Crippen molar-refractivity contribution in [2.45, 2.75) is 6.92 Å². The average Bonchev–Trinajstić information content (AvgIpc) is 2.81. The zero-order valence-corrected chi connectivity index (χ0v) is 13.6. The van der Waals surface area contributed by atoms with Crippen molar-refractivity contribution < 1.29 is 53.4 Å². The first-order valence-electron chi connectivity index (χ1n) is 5.79. The first-order valence-corrected chi connectivity index (χ1v) is 5.79. The minimum atomic E-state index is -1.41. The second-order valence-electron chi connectivity index (χ2n) is 3.87. The molecule has 0 spiro atoms. The number of ether oxygens (including phenoxy) is 1. The van der Waals surface area contributed by atoms with Crippen LogP contribution >= 0.6 is 0 Å². The Balaban J connectivity index is 0.00000220. The summed E-state index contributed by atoms with van der Waals surface area (Å²) in [5, 5.41) is 21.2. The number of alkyl carbamates (subject to hydrolysis) is 1. The molecule has 8 heteroatoms. The van der Waals surface area contributed by atoms with Gasteiger partial charge in [0.25, 0.3) is 0 Å². The first kappa shape index (κ1) is 17.2. The molecule has 1 aromatic heterocycles. The standard InChI is InChI=1S/C13H12N2O5.Na/c1-2-19-13(18)15-11(14)7-3-4-9-8(5-7)6-10(20-9)12(16)17;/h3-6H,2H2,1H3,(H,16,17)(H2,14,15,18);/q;+1/p-1. The number of rotatable bonds is 3. The number of carbonyl (C=O) groups is 2. The van der Waals surface area contributed by atoms with Crippen molar-refractivity contribution in [3.63, 3.8) is 0 Å². The van der Waals surface area contributed by atoms with E-state index >= 15 is 0 Å². The minimum absolute atomic E-state index is 0. The molecule has 0 atom stereocenters. The minimum Gasteiger partial charge on any atom is -0.542 e. The molecule has 0 radical (unpaired) electrons. The number of fused-ring (bicyclic) bond motifs is 1. The number of amidine groups is 1. The van der Waals surface area contributed by atoms with Crippen molar-refractivity contribution in [2.24, 2.45) is 0 Å². The van der Waals surface area contributed by atoms with Crippen molar-refractivity contribution in [1.29, 1.82) is 5.41 Å².